The van der Waals surface area contributed by atoms with Gasteiger partial charge in [-0.2, -0.15) is 0 Å². The van der Waals surface area contributed by atoms with E-state index in [1.807, 2.05) is 6.92 Å². The summed E-state index contributed by atoms with van der Waals surface area (Å²) in [6.45, 7) is 3.48. The molecule has 0 unspecified atom stereocenters. The van der Waals surface area contributed by atoms with Gasteiger partial charge in [-0.1, -0.05) is 6.92 Å². The number of aromatic nitrogens is 2. The summed E-state index contributed by atoms with van der Waals surface area (Å²) in [6.07, 6.45) is 1.50. The highest BCUT2D eigenvalue weighted by molar-refractivity contribution is 5.88. The molecular formula is C9H12N2O3. The second-order valence-corrected chi connectivity index (χ2v) is 3.03. The van der Waals surface area contributed by atoms with E-state index < -0.39 is 11.5 Å². The maximum absolute atomic E-state index is 11.3. The smallest absolute Gasteiger partial charge is 0.343 e. The Labute approximate surface area is 80.8 Å². The fourth-order valence-electron chi connectivity index (χ4n) is 1.25. The Hall–Kier alpha value is -1.65. The first-order valence-corrected chi connectivity index (χ1v) is 4.39. The SMILES string of the molecule is CCCc1nc(C)c(C(=O)O)c(=O)[nH]1. The minimum atomic E-state index is -1.24. The van der Waals surface area contributed by atoms with Crippen LogP contribution in [0.5, 0.6) is 0 Å². The number of aromatic carboxylic acids is 1. The summed E-state index contributed by atoms with van der Waals surface area (Å²) in [5, 5.41) is 8.71. The molecule has 2 N–H and O–H groups in total. The van der Waals surface area contributed by atoms with E-state index in [0.717, 1.165) is 6.42 Å². The molecule has 0 saturated carbocycles. The van der Waals surface area contributed by atoms with E-state index in [-0.39, 0.29) is 11.3 Å². The molecule has 0 atom stereocenters. The van der Waals surface area contributed by atoms with Gasteiger partial charge in [-0.25, -0.2) is 9.78 Å². The monoisotopic (exact) mass is 196 g/mol. The molecule has 0 bridgehead atoms. The average Bonchev–Trinajstić information content (AvgIpc) is 2.01. The maximum Gasteiger partial charge on any atom is 0.343 e. The van der Waals surface area contributed by atoms with Crippen LogP contribution in [-0.4, -0.2) is 21.0 Å². The van der Waals surface area contributed by atoms with E-state index in [1.165, 1.54) is 6.92 Å². The molecule has 0 aromatic carbocycles. The number of carboxylic acids is 1. The summed E-state index contributed by atoms with van der Waals surface area (Å²) in [4.78, 5) is 28.4. The molecule has 1 aromatic rings. The zero-order valence-corrected chi connectivity index (χ0v) is 8.13. The van der Waals surface area contributed by atoms with Gasteiger partial charge in [-0.3, -0.25) is 4.79 Å². The summed E-state index contributed by atoms with van der Waals surface area (Å²) in [5.41, 5.74) is -0.581. The van der Waals surface area contributed by atoms with Crippen LogP contribution >= 0.6 is 0 Å². The van der Waals surface area contributed by atoms with Crippen LogP contribution in [0.2, 0.25) is 0 Å². The van der Waals surface area contributed by atoms with E-state index in [9.17, 15) is 9.59 Å². The fourth-order valence-corrected chi connectivity index (χ4v) is 1.25. The average molecular weight is 196 g/mol. The third kappa shape index (κ3) is 1.99. The Morgan fingerprint density at radius 3 is 2.64 bits per heavy atom. The second kappa shape index (κ2) is 4.04. The number of carboxylic acid groups (broad SMARTS) is 1. The van der Waals surface area contributed by atoms with Crippen molar-refractivity contribution in [2.45, 2.75) is 26.7 Å². The maximum atomic E-state index is 11.3. The number of hydrogen-bond donors (Lipinski definition) is 2. The van der Waals surface area contributed by atoms with Crippen molar-refractivity contribution in [1.29, 1.82) is 0 Å². The first-order chi connectivity index (χ1) is 6.56. The van der Waals surface area contributed by atoms with Crippen LogP contribution in [0.3, 0.4) is 0 Å². The highest BCUT2D eigenvalue weighted by Crippen LogP contribution is 2.00. The molecule has 5 heteroatoms. The third-order valence-electron chi connectivity index (χ3n) is 1.85. The van der Waals surface area contributed by atoms with Gasteiger partial charge in [0.05, 0.1) is 5.69 Å². The lowest BCUT2D eigenvalue weighted by Crippen LogP contribution is -2.22. The molecule has 1 rings (SSSR count). The van der Waals surface area contributed by atoms with E-state index in [0.29, 0.717) is 12.2 Å². The van der Waals surface area contributed by atoms with Crippen molar-refractivity contribution in [3.63, 3.8) is 0 Å². The molecule has 0 aliphatic heterocycles. The minimum absolute atomic E-state index is 0.268. The molecule has 0 aliphatic rings. The zero-order valence-electron chi connectivity index (χ0n) is 8.13. The number of aromatic amines is 1. The lowest BCUT2D eigenvalue weighted by atomic mass is 10.2. The molecule has 0 aliphatic carbocycles. The Balaban J connectivity index is 3.25. The molecule has 0 amide bonds. The number of H-pyrrole nitrogens is 1. The third-order valence-corrected chi connectivity index (χ3v) is 1.85. The number of aryl methyl sites for hydroxylation is 2. The van der Waals surface area contributed by atoms with Crippen LogP contribution in [0.4, 0.5) is 0 Å². The van der Waals surface area contributed by atoms with Crippen molar-refractivity contribution in [3.8, 4) is 0 Å². The van der Waals surface area contributed by atoms with E-state index >= 15 is 0 Å². The van der Waals surface area contributed by atoms with Gasteiger partial charge < -0.3 is 10.1 Å². The van der Waals surface area contributed by atoms with Crippen LogP contribution in [-0.2, 0) is 6.42 Å². The number of rotatable bonds is 3. The Morgan fingerprint density at radius 2 is 2.21 bits per heavy atom. The number of nitrogens with zero attached hydrogens (tertiary/aromatic N) is 1. The summed E-state index contributed by atoms with van der Waals surface area (Å²) >= 11 is 0. The lowest BCUT2D eigenvalue weighted by Gasteiger charge is -2.02. The van der Waals surface area contributed by atoms with Gasteiger partial charge in [0.25, 0.3) is 5.56 Å². The summed E-state index contributed by atoms with van der Waals surface area (Å²) in [5.74, 6) is -0.695. The van der Waals surface area contributed by atoms with Gasteiger partial charge in [-0.15, -0.1) is 0 Å². The van der Waals surface area contributed by atoms with Gasteiger partial charge in [-0.05, 0) is 13.3 Å². The van der Waals surface area contributed by atoms with Crippen molar-refractivity contribution in [2.75, 3.05) is 0 Å². The van der Waals surface area contributed by atoms with Gasteiger partial charge in [0, 0.05) is 6.42 Å². The highest BCUT2D eigenvalue weighted by atomic mass is 16.4. The summed E-state index contributed by atoms with van der Waals surface area (Å²) < 4.78 is 0. The largest absolute Gasteiger partial charge is 0.477 e. The van der Waals surface area contributed by atoms with Gasteiger partial charge in [0.15, 0.2) is 0 Å². The quantitative estimate of drug-likeness (QED) is 0.746. The van der Waals surface area contributed by atoms with Crippen molar-refractivity contribution >= 4 is 5.97 Å². The van der Waals surface area contributed by atoms with Crippen molar-refractivity contribution in [1.82, 2.24) is 9.97 Å². The molecule has 14 heavy (non-hydrogen) atoms. The summed E-state index contributed by atoms with van der Waals surface area (Å²) in [7, 11) is 0. The molecule has 0 saturated heterocycles. The predicted octanol–water partition coefficient (Wildman–Crippen LogP) is 0.729. The Kier molecular flexibility index (Phi) is 3.01. The number of hydrogen-bond acceptors (Lipinski definition) is 3. The van der Waals surface area contributed by atoms with Gasteiger partial charge >= 0.3 is 5.97 Å². The molecule has 0 radical (unpaired) electrons. The molecule has 5 nitrogen and oxygen atoms in total. The first kappa shape index (κ1) is 10.4. The minimum Gasteiger partial charge on any atom is -0.477 e. The molecule has 0 spiro atoms. The van der Waals surface area contributed by atoms with Crippen molar-refractivity contribution < 1.29 is 9.90 Å². The summed E-state index contributed by atoms with van der Waals surface area (Å²) in [6, 6.07) is 0. The highest BCUT2D eigenvalue weighted by Gasteiger charge is 2.14. The zero-order chi connectivity index (χ0) is 10.7. The van der Waals surface area contributed by atoms with E-state index in [2.05, 4.69) is 9.97 Å². The molecule has 0 fully saturated rings. The molecule has 1 heterocycles. The number of carbonyl (C=O) groups is 1. The normalized spacial score (nSPS) is 10.1. The first-order valence-electron chi connectivity index (χ1n) is 4.39. The van der Waals surface area contributed by atoms with Crippen LogP contribution in [0.25, 0.3) is 0 Å². The lowest BCUT2D eigenvalue weighted by molar-refractivity contribution is 0.0693. The van der Waals surface area contributed by atoms with Gasteiger partial charge in [0.1, 0.15) is 11.4 Å². The second-order valence-electron chi connectivity index (χ2n) is 3.03. The topological polar surface area (TPSA) is 83.0 Å². The van der Waals surface area contributed by atoms with E-state index in [4.69, 9.17) is 5.11 Å². The molecule has 1 aromatic heterocycles. The van der Waals surface area contributed by atoms with Crippen molar-refractivity contribution in [3.05, 3.63) is 27.4 Å². The number of nitrogens with one attached hydrogen (secondary N) is 1. The van der Waals surface area contributed by atoms with E-state index in [1.54, 1.807) is 0 Å². The van der Waals surface area contributed by atoms with Crippen molar-refractivity contribution in [2.24, 2.45) is 0 Å². The standard InChI is InChI=1S/C9H12N2O3/c1-3-4-6-10-5(2)7(9(13)14)8(12)11-6/h3-4H2,1-2H3,(H,13,14)(H,10,11,12). The fraction of sp³-hybridized carbons (Fsp3) is 0.444. The molecular weight excluding hydrogens is 184 g/mol. The van der Waals surface area contributed by atoms with Crippen LogP contribution in [0.1, 0.15) is 35.2 Å². The van der Waals surface area contributed by atoms with Crippen LogP contribution < -0.4 is 5.56 Å². The van der Waals surface area contributed by atoms with Crippen LogP contribution in [0.15, 0.2) is 4.79 Å². The Morgan fingerprint density at radius 1 is 1.57 bits per heavy atom. The Bertz CT molecular complexity index is 409. The predicted molar refractivity (Wildman–Crippen MR) is 50.5 cm³/mol. The molecule has 76 valence electrons. The van der Waals surface area contributed by atoms with Gasteiger partial charge in [0.2, 0.25) is 0 Å². The van der Waals surface area contributed by atoms with Crippen LogP contribution in [0, 0.1) is 6.92 Å².